The highest BCUT2D eigenvalue weighted by Gasteiger charge is 2.26. The molecule has 0 aliphatic heterocycles. The number of hydrogen-bond acceptors (Lipinski definition) is 2. The zero-order valence-electron chi connectivity index (χ0n) is 21.1. The molecule has 1 rings (SSSR count). The molecule has 34 heavy (non-hydrogen) atoms. The van der Waals surface area contributed by atoms with Crippen LogP contribution in [0.5, 0.6) is 0 Å². The number of nitrogens with zero attached hydrogens (tertiary/aromatic N) is 2. The quantitative estimate of drug-likeness (QED) is 0.138. The molecule has 1 N–H and O–H groups in total. The van der Waals surface area contributed by atoms with Crippen LogP contribution < -0.4 is 5.32 Å². The molecular formula is C26H45F4N3O. The maximum Gasteiger partial charge on any atom is 0.282 e. The van der Waals surface area contributed by atoms with Crippen LogP contribution in [0, 0.1) is 0 Å². The van der Waals surface area contributed by atoms with Crippen molar-refractivity contribution in [1.29, 1.82) is 0 Å². The standard InChI is InChI=1S/C26H45F4N3O/c1-3-4-5-6-7-8-9-10-11-12-13-14-15-16-17-18-19-31-26(34)21(2)33-23(25(29)30)20-22(32-33)24(27)28/h20-21,24-25H,3-19H2,1-2H3,(H,31,34). The van der Waals surface area contributed by atoms with E-state index in [0.717, 1.165) is 19.3 Å². The van der Waals surface area contributed by atoms with Gasteiger partial charge in [0.2, 0.25) is 5.91 Å². The van der Waals surface area contributed by atoms with Crippen molar-refractivity contribution in [3.8, 4) is 0 Å². The second kappa shape index (κ2) is 18.7. The fourth-order valence-corrected chi connectivity index (χ4v) is 4.15. The lowest BCUT2D eigenvalue weighted by Crippen LogP contribution is -2.33. The predicted molar refractivity (Wildman–Crippen MR) is 129 cm³/mol. The summed E-state index contributed by atoms with van der Waals surface area (Å²) in [5, 5.41) is 6.21. The van der Waals surface area contributed by atoms with E-state index in [1.807, 2.05) is 0 Å². The summed E-state index contributed by atoms with van der Waals surface area (Å²) in [7, 11) is 0. The number of nitrogens with one attached hydrogen (secondary N) is 1. The Hall–Kier alpha value is -1.60. The van der Waals surface area contributed by atoms with E-state index in [-0.39, 0.29) is 0 Å². The fraction of sp³-hybridized carbons (Fsp3) is 0.846. The largest absolute Gasteiger partial charge is 0.354 e. The van der Waals surface area contributed by atoms with Crippen LogP contribution in [0.1, 0.15) is 147 Å². The second-order valence-electron chi connectivity index (χ2n) is 9.31. The average Bonchev–Trinajstić information content (AvgIpc) is 3.26. The smallest absolute Gasteiger partial charge is 0.282 e. The van der Waals surface area contributed by atoms with Crippen molar-refractivity contribution in [1.82, 2.24) is 15.1 Å². The molecule has 0 saturated carbocycles. The van der Waals surface area contributed by atoms with E-state index >= 15 is 0 Å². The van der Waals surface area contributed by atoms with Gasteiger partial charge in [0, 0.05) is 6.54 Å². The molecule has 0 fully saturated rings. The first-order chi connectivity index (χ1) is 16.4. The summed E-state index contributed by atoms with van der Waals surface area (Å²) in [6.45, 7) is 4.07. The van der Waals surface area contributed by atoms with Crippen molar-refractivity contribution in [2.75, 3.05) is 6.54 Å². The summed E-state index contributed by atoms with van der Waals surface area (Å²) >= 11 is 0. The van der Waals surface area contributed by atoms with Crippen LogP contribution in [0.2, 0.25) is 0 Å². The Morgan fingerprint density at radius 3 is 1.65 bits per heavy atom. The lowest BCUT2D eigenvalue weighted by atomic mass is 10.0. The zero-order chi connectivity index (χ0) is 25.2. The third-order valence-corrected chi connectivity index (χ3v) is 6.31. The summed E-state index contributed by atoms with van der Waals surface area (Å²) in [4.78, 5) is 12.3. The molecule has 0 aliphatic carbocycles. The SMILES string of the molecule is CCCCCCCCCCCCCCCCCCNC(=O)C(C)n1nc(C(F)F)cc1C(F)F. The third-order valence-electron chi connectivity index (χ3n) is 6.31. The number of amides is 1. The van der Waals surface area contributed by atoms with Crippen LogP contribution in [-0.4, -0.2) is 22.2 Å². The van der Waals surface area contributed by atoms with E-state index in [1.165, 1.54) is 90.4 Å². The number of unbranched alkanes of at least 4 members (excludes halogenated alkanes) is 15. The van der Waals surface area contributed by atoms with Gasteiger partial charge in [-0.2, -0.15) is 5.10 Å². The molecule has 0 aliphatic rings. The van der Waals surface area contributed by atoms with Gasteiger partial charge in [-0.3, -0.25) is 9.48 Å². The molecule has 1 heterocycles. The Morgan fingerprint density at radius 2 is 1.24 bits per heavy atom. The second-order valence-corrected chi connectivity index (χ2v) is 9.31. The van der Waals surface area contributed by atoms with E-state index in [9.17, 15) is 22.4 Å². The highest BCUT2D eigenvalue weighted by atomic mass is 19.3. The lowest BCUT2D eigenvalue weighted by Gasteiger charge is -2.15. The highest BCUT2D eigenvalue weighted by molar-refractivity contribution is 5.79. The van der Waals surface area contributed by atoms with Gasteiger partial charge < -0.3 is 5.32 Å². The van der Waals surface area contributed by atoms with Gasteiger partial charge in [-0.1, -0.05) is 103 Å². The molecule has 0 radical (unpaired) electrons. The number of halogens is 4. The number of rotatable bonds is 21. The van der Waals surface area contributed by atoms with Gasteiger partial charge in [0.25, 0.3) is 12.9 Å². The van der Waals surface area contributed by atoms with Crippen LogP contribution in [0.15, 0.2) is 6.07 Å². The fourth-order valence-electron chi connectivity index (χ4n) is 4.15. The molecule has 0 aromatic carbocycles. The summed E-state index contributed by atoms with van der Waals surface area (Å²) < 4.78 is 52.5. The summed E-state index contributed by atoms with van der Waals surface area (Å²) in [5.41, 5.74) is -1.41. The van der Waals surface area contributed by atoms with Gasteiger partial charge in [0.05, 0.1) is 0 Å². The first-order valence-electron chi connectivity index (χ1n) is 13.3. The van der Waals surface area contributed by atoms with Gasteiger partial charge in [0.15, 0.2) is 0 Å². The molecule has 1 aromatic heterocycles. The van der Waals surface area contributed by atoms with E-state index < -0.39 is 36.2 Å². The van der Waals surface area contributed by atoms with Crippen molar-refractivity contribution >= 4 is 5.91 Å². The van der Waals surface area contributed by atoms with Gasteiger partial charge in [-0.15, -0.1) is 0 Å². The molecule has 198 valence electrons. The number of alkyl halides is 4. The molecule has 0 bridgehead atoms. The Morgan fingerprint density at radius 1 is 0.794 bits per heavy atom. The molecule has 1 amide bonds. The van der Waals surface area contributed by atoms with Gasteiger partial charge in [0.1, 0.15) is 17.4 Å². The number of hydrogen-bond donors (Lipinski definition) is 1. The topological polar surface area (TPSA) is 46.9 Å². The van der Waals surface area contributed by atoms with E-state index in [2.05, 4.69) is 17.3 Å². The Labute approximate surface area is 203 Å². The summed E-state index contributed by atoms with van der Waals surface area (Å²) in [6.07, 6.45) is 14.3. The normalized spacial score (nSPS) is 12.6. The third kappa shape index (κ3) is 12.7. The first-order valence-corrected chi connectivity index (χ1v) is 13.3. The van der Waals surface area contributed by atoms with Crippen LogP contribution in [-0.2, 0) is 4.79 Å². The van der Waals surface area contributed by atoms with Gasteiger partial charge in [-0.25, -0.2) is 17.6 Å². The number of carbonyl (C=O) groups is 1. The number of carbonyl (C=O) groups excluding carboxylic acids is 1. The Kier molecular flexibility index (Phi) is 16.7. The van der Waals surface area contributed by atoms with E-state index in [4.69, 9.17) is 0 Å². The minimum atomic E-state index is -2.98. The monoisotopic (exact) mass is 491 g/mol. The van der Waals surface area contributed by atoms with Gasteiger partial charge >= 0.3 is 0 Å². The minimum Gasteiger partial charge on any atom is -0.354 e. The molecular weight excluding hydrogens is 446 g/mol. The maximum absolute atomic E-state index is 13.1. The van der Waals surface area contributed by atoms with Crippen LogP contribution >= 0.6 is 0 Å². The highest BCUT2D eigenvalue weighted by Crippen LogP contribution is 2.27. The van der Waals surface area contributed by atoms with Crippen LogP contribution in [0.4, 0.5) is 17.6 Å². The molecule has 8 heteroatoms. The maximum atomic E-state index is 13.1. The lowest BCUT2D eigenvalue weighted by molar-refractivity contribution is -0.124. The van der Waals surface area contributed by atoms with E-state index in [0.29, 0.717) is 17.3 Å². The predicted octanol–water partition coefficient (Wildman–Crippen LogP) is 8.70. The molecule has 1 aromatic rings. The molecule has 4 nitrogen and oxygen atoms in total. The molecule has 0 saturated heterocycles. The molecule has 1 unspecified atom stereocenters. The molecule has 1 atom stereocenters. The minimum absolute atomic E-state index is 0.439. The Balaban J connectivity index is 2.03. The van der Waals surface area contributed by atoms with Gasteiger partial charge in [-0.05, 0) is 19.4 Å². The first kappa shape index (κ1) is 30.4. The van der Waals surface area contributed by atoms with Crippen LogP contribution in [0.25, 0.3) is 0 Å². The van der Waals surface area contributed by atoms with Crippen molar-refractivity contribution in [3.05, 3.63) is 17.5 Å². The molecule has 0 spiro atoms. The van der Waals surface area contributed by atoms with Crippen molar-refractivity contribution in [2.45, 2.75) is 135 Å². The summed E-state index contributed by atoms with van der Waals surface area (Å²) in [5.74, 6) is -0.494. The van der Waals surface area contributed by atoms with Crippen molar-refractivity contribution < 1.29 is 22.4 Å². The van der Waals surface area contributed by atoms with Crippen LogP contribution in [0.3, 0.4) is 0 Å². The van der Waals surface area contributed by atoms with Crippen molar-refractivity contribution in [3.63, 3.8) is 0 Å². The Bertz CT molecular complexity index is 652. The van der Waals surface area contributed by atoms with Crippen molar-refractivity contribution in [2.24, 2.45) is 0 Å². The van der Waals surface area contributed by atoms with E-state index in [1.54, 1.807) is 0 Å². The summed E-state index contributed by atoms with van der Waals surface area (Å²) in [6, 6.07) is -0.410. The number of aromatic nitrogens is 2. The average molecular weight is 492 g/mol. The zero-order valence-corrected chi connectivity index (χ0v) is 21.1.